The van der Waals surface area contributed by atoms with E-state index in [2.05, 4.69) is 5.10 Å². The van der Waals surface area contributed by atoms with E-state index < -0.39 is 5.97 Å². The molecule has 0 fully saturated rings. The van der Waals surface area contributed by atoms with E-state index in [1.54, 1.807) is 34.1 Å². The molecule has 0 saturated heterocycles. The van der Waals surface area contributed by atoms with Crippen molar-refractivity contribution in [1.82, 2.24) is 19.6 Å². The van der Waals surface area contributed by atoms with E-state index >= 15 is 0 Å². The highest BCUT2D eigenvalue weighted by molar-refractivity contribution is 7.19. The van der Waals surface area contributed by atoms with Crippen LogP contribution >= 0.6 is 11.3 Å². The standard InChI is InChI=1S/C19H16N4O2S/c1-10-20-18-15(13-8-4-5-9-14(13)26-18)17-21-16(22-23(10)17)11-6-2-3-7-12(11)19(24)25/h2-3,6-7H,4-5,8-9H2,1H3,(H,24,25)/p-1. The van der Waals surface area contributed by atoms with Gasteiger partial charge in [-0.3, -0.25) is 0 Å². The molecule has 0 aliphatic heterocycles. The smallest absolute Gasteiger partial charge is 0.182 e. The summed E-state index contributed by atoms with van der Waals surface area (Å²) >= 11 is 1.75. The molecule has 0 N–H and O–H groups in total. The van der Waals surface area contributed by atoms with Crippen LogP contribution < -0.4 is 5.11 Å². The van der Waals surface area contributed by atoms with Crippen LogP contribution in [0.1, 0.15) is 39.5 Å². The fraction of sp³-hybridized carbons (Fsp3) is 0.263. The van der Waals surface area contributed by atoms with Crippen LogP contribution in [0.2, 0.25) is 0 Å². The number of aryl methyl sites for hydroxylation is 3. The Morgan fingerprint density at radius 1 is 1.19 bits per heavy atom. The van der Waals surface area contributed by atoms with Gasteiger partial charge in [0.05, 0.1) is 11.4 Å². The van der Waals surface area contributed by atoms with E-state index in [9.17, 15) is 9.90 Å². The van der Waals surface area contributed by atoms with Gasteiger partial charge in [-0.2, -0.15) is 4.52 Å². The monoisotopic (exact) mass is 363 g/mol. The van der Waals surface area contributed by atoms with Crippen molar-refractivity contribution in [2.24, 2.45) is 0 Å². The average Bonchev–Trinajstić information content (AvgIpc) is 3.23. The molecule has 3 heterocycles. The summed E-state index contributed by atoms with van der Waals surface area (Å²) in [4.78, 5) is 23.3. The molecule has 5 rings (SSSR count). The van der Waals surface area contributed by atoms with Gasteiger partial charge in [-0.25, -0.2) is 9.97 Å². The normalized spacial score (nSPS) is 14.0. The van der Waals surface area contributed by atoms with Crippen LogP contribution in [-0.4, -0.2) is 25.6 Å². The third kappa shape index (κ3) is 2.17. The van der Waals surface area contributed by atoms with Gasteiger partial charge in [-0.15, -0.1) is 16.4 Å². The molecule has 4 aromatic rings. The lowest BCUT2D eigenvalue weighted by Gasteiger charge is -2.10. The number of aromatic nitrogens is 4. The van der Waals surface area contributed by atoms with Gasteiger partial charge in [0.25, 0.3) is 0 Å². The van der Waals surface area contributed by atoms with Gasteiger partial charge in [0.15, 0.2) is 11.5 Å². The predicted octanol–water partition coefficient (Wildman–Crippen LogP) is 2.56. The maximum absolute atomic E-state index is 11.5. The minimum atomic E-state index is -1.23. The number of thiophene rings is 1. The molecule has 0 bridgehead atoms. The molecule has 6 nitrogen and oxygen atoms in total. The summed E-state index contributed by atoms with van der Waals surface area (Å²) in [5, 5.41) is 17.1. The minimum absolute atomic E-state index is 0.0950. The average molecular weight is 363 g/mol. The Hall–Kier alpha value is -2.80. The molecule has 0 atom stereocenters. The van der Waals surface area contributed by atoms with Crippen molar-refractivity contribution in [1.29, 1.82) is 0 Å². The number of carbonyl (C=O) groups is 1. The minimum Gasteiger partial charge on any atom is -0.545 e. The second-order valence-electron chi connectivity index (χ2n) is 6.55. The van der Waals surface area contributed by atoms with Crippen LogP contribution in [0.15, 0.2) is 24.3 Å². The van der Waals surface area contributed by atoms with E-state index in [4.69, 9.17) is 9.97 Å². The molecule has 26 heavy (non-hydrogen) atoms. The maximum Gasteiger partial charge on any atom is 0.182 e. The fourth-order valence-corrected chi connectivity index (χ4v) is 5.03. The molecule has 1 aromatic carbocycles. The number of nitrogens with zero attached hydrogens (tertiary/aromatic N) is 4. The Bertz CT molecular complexity index is 1190. The van der Waals surface area contributed by atoms with Crippen LogP contribution in [0, 0.1) is 6.92 Å². The molecule has 0 saturated carbocycles. The molecule has 1 aliphatic rings. The quantitative estimate of drug-likeness (QED) is 0.546. The van der Waals surface area contributed by atoms with Crippen LogP contribution in [0.4, 0.5) is 0 Å². The first-order valence-corrected chi connectivity index (χ1v) is 9.43. The van der Waals surface area contributed by atoms with Crippen molar-refractivity contribution in [3.63, 3.8) is 0 Å². The number of hydrogen-bond donors (Lipinski definition) is 0. The predicted molar refractivity (Wildman–Crippen MR) is 97.3 cm³/mol. The van der Waals surface area contributed by atoms with Crippen molar-refractivity contribution in [2.45, 2.75) is 32.6 Å². The van der Waals surface area contributed by atoms with Crippen LogP contribution in [0.3, 0.4) is 0 Å². The number of aromatic carboxylic acids is 1. The second kappa shape index (κ2) is 5.60. The van der Waals surface area contributed by atoms with Gasteiger partial charge in [0, 0.05) is 16.0 Å². The van der Waals surface area contributed by atoms with Gasteiger partial charge in [0.1, 0.15) is 10.7 Å². The lowest BCUT2D eigenvalue weighted by Crippen LogP contribution is -2.23. The number of fused-ring (bicyclic) bond motifs is 5. The Labute approximate surface area is 153 Å². The van der Waals surface area contributed by atoms with E-state index in [0.29, 0.717) is 11.4 Å². The molecule has 130 valence electrons. The Morgan fingerprint density at radius 3 is 2.85 bits per heavy atom. The zero-order valence-corrected chi connectivity index (χ0v) is 15.0. The van der Waals surface area contributed by atoms with Crippen molar-refractivity contribution < 1.29 is 9.90 Å². The van der Waals surface area contributed by atoms with E-state index in [1.165, 1.54) is 29.3 Å². The number of carbonyl (C=O) groups excluding carboxylic acids is 1. The second-order valence-corrected chi connectivity index (χ2v) is 7.64. The van der Waals surface area contributed by atoms with Gasteiger partial charge < -0.3 is 9.90 Å². The molecule has 0 unspecified atom stereocenters. The largest absolute Gasteiger partial charge is 0.545 e. The first kappa shape index (κ1) is 15.5. The van der Waals surface area contributed by atoms with Gasteiger partial charge >= 0.3 is 0 Å². The Morgan fingerprint density at radius 2 is 2.00 bits per heavy atom. The lowest BCUT2D eigenvalue weighted by atomic mass is 9.97. The lowest BCUT2D eigenvalue weighted by molar-refractivity contribution is -0.254. The summed E-state index contributed by atoms with van der Waals surface area (Å²) in [5.41, 5.74) is 2.65. The molecule has 0 spiro atoms. The third-order valence-corrected chi connectivity index (χ3v) is 6.13. The van der Waals surface area contributed by atoms with Crippen LogP contribution in [0.5, 0.6) is 0 Å². The van der Waals surface area contributed by atoms with Crippen LogP contribution in [-0.2, 0) is 12.8 Å². The Kier molecular flexibility index (Phi) is 3.33. The van der Waals surface area contributed by atoms with E-state index in [1.807, 2.05) is 6.92 Å². The summed E-state index contributed by atoms with van der Waals surface area (Å²) < 4.78 is 1.73. The Balaban J connectivity index is 1.83. The summed E-state index contributed by atoms with van der Waals surface area (Å²) in [6.07, 6.45) is 4.52. The molecule has 3 aromatic heterocycles. The molecular formula is C19H15N4O2S-. The highest BCUT2D eigenvalue weighted by Gasteiger charge is 2.22. The van der Waals surface area contributed by atoms with Gasteiger partial charge in [-0.1, -0.05) is 24.3 Å². The zero-order valence-electron chi connectivity index (χ0n) is 14.2. The molecule has 0 amide bonds. The summed E-state index contributed by atoms with van der Waals surface area (Å²) in [6, 6.07) is 6.68. The zero-order chi connectivity index (χ0) is 17.8. The number of carboxylic acids is 1. The van der Waals surface area contributed by atoms with E-state index in [0.717, 1.165) is 34.5 Å². The number of benzene rings is 1. The van der Waals surface area contributed by atoms with Crippen LogP contribution in [0.25, 0.3) is 27.3 Å². The molecule has 0 radical (unpaired) electrons. The molecular weight excluding hydrogens is 348 g/mol. The SMILES string of the molecule is Cc1nc2sc3c(c2c2nc(-c4ccccc4C(=O)[O-])nn12)CCCC3. The van der Waals surface area contributed by atoms with Crippen molar-refractivity contribution in [3.8, 4) is 11.4 Å². The summed E-state index contributed by atoms with van der Waals surface area (Å²) in [7, 11) is 0. The third-order valence-electron chi connectivity index (χ3n) is 4.94. The first-order valence-electron chi connectivity index (χ1n) is 8.62. The van der Waals surface area contributed by atoms with Crippen molar-refractivity contribution >= 4 is 33.2 Å². The summed E-state index contributed by atoms with van der Waals surface area (Å²) in [6.45, 7) is 1.90. The van der Waals surface area contributed by atoms with E-state index in [-0.39, 0.29) is 5.56 Å². The number of rotatable bonds is 2. The van der Waals surface area contributed by atoms with Crippen molar-refractivity contribution in [3.05, 3.63) is 46.1 Å². The number of hydrogen-bond acceptors (Lipinski definition) is 6. The highest BCUT2D eigenvalue weighted by Crippen LogP contribution is 2.38. The van der Waals surface area contributed by atoms with Crippen molar-refractivity contribution in [2.75, 3.05) is 0 Å². The topological polar surface area (TPSA) is 83.2 Å². The van der Waals surface area contributed by atoms with Gasteiger partial charge in [0.2, 0.25) is 0 Å². The highest BCUT2D eigenvalue weighted by atomic mass is 32.1. The number of carboxylic acid groups (broad SMARTS) is 1. The summed E-state index contributed by atoms with van der Waals surface area (Å²) in [5.74, 6) is -0.0962. The first-order chi connectivity index (χ1) is 12.6. The maximum atomic E-state index is 11.5. The molecule has 7 heteroatoms. The fourth-order valence-electron chi connectivity index (χ4n) is 3.72. The molecule has 1 aliphatic carbocycles. The van der Waals surface area contributed by atoms with Gasteiger partial charge in [-0.05, 0) is 38.2 Å².